The van der Waals surface area contributed by atoms with Crippen LogP contribution in [0.15, 0.2) is 23.4 Å². The molecule has 1 aliphatic rings. The maximum atomic E-state index is 12.2. The number of amides is 3. The second-order valence-electron chi connectivity index (χ2n) is 5.04. The number of rotatable bonds is 3. The number of hydrogen-bond acceptors (Lipinski definition) is 4. The van der Waals surface area contributed by atoms with Gasteiger partial charge in [0.25, 0.3) is 0 Å². The highest BCUT2D eigenvalue weighted by Gasteiger charge is 2.30. The van der Waals surface area contributed by atoms with E-state index in [2.05, 4.69) is 15.3 Å². The molecule has 3 amide bonds. The molecule has 0 aliphatic carbocycles. The molecule has 1 unspecified atom stereocenters. The van der Waals surface area contributed by atoms with E-state index in [1.807, 2.05) is 25.1 Å². The first-order valence-corrected chi connectivity index (χ1v) is 7.65. The first kappa shape index (κ1) is 13.9. The van der Waals surface area contributed by atoms with Crippen LogP contribution in [0.2, 0.25) is 0 Å². The number of benzene rings is 1. The van der Waals surface area contributed by atoms with Crippen LogP contribution in [-0.2, 0) is 4.79 Å². The summed E-state index contributed by atoms with van der Waals surface area (Å²) in [5.41, 5.74) is 2.98. The second-order valence-corrected chi connectivity index (χ2v) is 6.37. The molecule has 1 atom stereocenters. The summed E-state index contributed by atoms with van der Waals surface area (Å²) in [6, 6.07) is 5.66. The number of hydrogen-bond donors (Lipinski definition) is 2. The van der Waals surface area contributed by atoms with Gasteiger partial charge >= 0.3 is 6.03 Å². The molecule has 6 nitrogen and oxygen atoms in total. The van der Waals surface area contributed by atoms with Gasteiger partial charge in [-0.05, 0) is 31.5 Å². The van der Waals surface area contributed by atoms with Crippen molar-refractivity contribution in [3.05, 3.63) is 23.8 Å². The average molecular weight is 304 g/mol. The van der Waals surface area contributed by atoms with Gasteiger partial charge < -0.3 is 10.3 Å². The number of imide groups is 1. The zero-order chi connectivity index (χ0) is 15.0. The number of nitrogens with one attached hydrogen (secondary N) is 2. The maximum Gasteiger partial charge on any atom is 0.324 e. The number of imidazole rings is 1. The Kier molecular flexibility index (Phi) is 3.59. The summed E-state index contributed by atoms with van der Waals surface area (Å²) in [7, 11) is 0. The standard InChI is InChI=1S/C14H16N4O2S/c1-8-3-4-10-11(7-8)17-13(16-10)21-9(2)12(19)18-6-5-15-14(18)20/h3-4,7,9H,5-6H2,1-2H3,(H,15,20)(H,16,17). The molecular formula is C14H16N4O2S. The zero-order valence-electron chi connectivity index (χ0n) is 11.8. The quantitative estimate of drug-likeness (QED) is 0.849. The van der Waals surface area contributed by atoms with Crippen LogP contribution in [0.1, 0.15) is 12.5 Å². The van der Waals surface area contributed by atoms with Crippen molar-refractivity contribution in [2.45, 2.75) is 24.3 Å². The number of aromatic amines is 1. The third-order valence-electron chi connectivity index (χ3n) is 3.37. The van der Waals surface area contributed by atoms with Gasteiger partial charge in [0, 0.05) is 13.1 Å². The lowest BCUT2D eigenvalue weighted by Gasteiger charge is -2.16. The van der Waals surface area contributed by atoms with Crippen LogP contribution in [0.5, 0.6) is 0 Å². The van der Waals surface area contributed by atoms with Gasteiger partial charge in [-0.25, -0.2) is 9.78 Å². The number of urea groups is 1. The molecule has 0 radical (unpaired) electrons. The summed E-state index contributed by atoms with van der Waals surface area (Å²) in [5.74, 6) is -0.188. The van der Waals surface area contributed by atoms with Crippen LogP contribution in [0, 0.1) is 6.92 Å². The minimum Gasteiger partial charge on any atom is -0.336 e. The molecule has 7 heteroatoms. The third kappa shape index (κ3) is 2.73. The van der Waals surface area contributed by atoms with Crippen LogP contribution in [-0.4, -0.2) is 45.1 Å². The number of carbonyl (C=O) groups excluding carboxylic acids is 2. The number of aryl methyl sites for hydroxylation is 1. The van der Waals surface area contributed by atoms with E-state index < -0.39 is 0 Å². The number of H-pyrrole nitrogens is 1. The first-order valence-electron chi connectivity index (χ1n) is 6.77. The number of nitrogens with zero attached hydrogens (tertiary/aromatic N) is 2. The molecule has 2 N–H and O–H groups in total. The molecule has 1 aromatic heterocycles. The van der Waals surface area contributed by atoms with Gasteiger partial charge in [0.05, 0.1) is 16.3 Å². The fourth-order valence-corrected chi connectivity index (χ4v) is 3.16. The van der Waals surface area contributed by atoms with Crippen molar-refractivity contribution in [1.29, 1.82) is 0 Å². The molecule has 0 bridgehead atoms. The number of fused-ring (bicyclic) bond motifs is 1. The van der Waals surface area contributed by atoms with E-state index in [9.17, 15) is 9.59 Å². The highest BCUT2D eigenvalue weighted by atomic mass is 32.2. The van der Waals surface area contributed by atoms with E-state index in [0.29, 0.717) is 18.2 Å². The number of thioether (sulfide) groups is 1. The lowest BCUT2D eigenvalue weighted by molar-refractivity contribution is -0.126. The van der Waals surface area contributed by atoms with E-state index in [4.69, 9.17) is 0 Å². The maximum absolute atomic E-state index is 12.2. The van der Waals surface area contributed by atoms with Gasteiger partial charge in [-0.15, -0.1) is 0 Å². The summed E-state index contributed by atoms with van der Waals surface area (Å²) in [6.45, 7) is 4.76. The summed E-state index contributed by atoms with van der Waals surface area (Å²) in [4.78, 5) is 32.7. The summed E-state index contributed by atoms with van der Waals surface area (Å²) >= 11 is 1.33. The fraction of sp³-hybridized carbons (Fsp3) is 0.357. The molecule has 21 heavy (non-hydrogen) atoms. The van der Waals surface area contributed by atoms with E-state index in [1.54, 1.807) is 6.92 Å². The van der Waals surface area contributed by atoms with Gasteiger partial charge in [-0.1, -0.05) is 17.8 Å². The Morgan fingerprint density at radius 2 is 2.29 bits per heavy atom. The molecule has 2 aromatic rings. The predicted octanol–water partition coefficient (Wildman–Crippen LogP) is 1.90. The fourth-order valence-electron chi connectivity index (χ4n) is 2.28. The highest BCUT2D eigenvalue weighted by molar-refractivity contribution is 8.00. The van der Waals surface area contributed by atoms with Gasteiger partial charge in [0.1, 0.15) is 0 Å². The minimum absolute atomic E-state index is 0.188. The second kappa shape index (κ2) is 5.40. The van der Waals surface area contributed by atoms with Gasteiger partial charge in [0.2, 0.25) is 5.91 Å². The molecule has 1 aromatic carbocycles. The topological polar surface area (TPSA) is 78.1 Å². The van der Waals surface area contributed by atoms with Crippen LogP contribution < -0.4 is 5.32 Å². The third-order valence-corrected chi connectivity index (χ3v) is 4.35. The normalized spacial score (nSPS) is 16.3. The molecular weight excluding hydrogens is 288 g/mol. The zero-order valence-corrected chi connectivity index (χ0v) is 12.7. The lowest BCUT2D eigenvalue weighted by Crippen LogP contribution is -2.38. The predicted molar refractivity (Wildman–Crippen MR) is 81.3 cm³/mol. The van der Waals surface area contributed by atoms with Crippen molar-refractivity contribution in [3.8, 4) is 0 Å². The van der Waals surface area contributed by atoms with Crippen molar-refractivity contribution in [2.24, 2.45) is 0 Å². The van der Waals surface area contributed by atoms with Crippen molar-refractivity contribution in [3.63, 3.8) is 0 Å². The SMILES string of the molecule is Cc1ccc2nc(SC(C)C(=O)N3CCNC3=O)[nH]c2c1. The Morgan fingerprint density at radius 3 is 3.00 bits per heavy atom. The largest absolute Gasteiger partial charge is 0.336 e. The van der Waals surface area contributed by atoms with Gasteiger partial charge in [-0.3, -0.25) is 9.69 Å². The van der Waals surface area contributed by atoms with Crippen molar-refractivity contribution in [1.82, 2.24) is 20.2 Å². The molecule has 0 saturated carbocycles. The Balaban J connectivity index is 1.75. The van der Waals surface area contributed by atoms with Crippen molar-refractivity contribution >= 4 is 34.7 Å². The smallest absolute Gasteiger partial charge is 0.324 e. The molecule has 1 fully saturated rings. The van der Waals surface area contributed by atoms with Gasteiger partial charge in [-0.2, -0.15) is 0 Å². The number of aromatic nitrogens is 2. The van der Waals surface area contributed by atoms with E-state index in [0.717, 1.165) is 16.6 Å². The average Bonchev–Trinajstić information content (AvgIpc) is 3.03. The van der Waals surface area contributed by atoms with Crippen LogP contribution in [0.4, 0.5) is 4.79 Å². The Labute approximate surface area is 126 Å². The van der Waals surface area contributed by atoms with Crippen molar-refractivity contribution in [2.75, 3.05) is 13.1 Å². The van der Waals surface area contributed by atoms with Crippen LogP contribution >= 0.6 is 11.8 Å². The molecule has 1 aliphatic heterocycles. The Hall–Kier alpha value is -2.02. The minimum atomic E-state index is -0.365. The van der Waals surface area contributed by atoms with E-state index in [-0.39, 0.29) is 17.2 Å². The van der Waals surface area contributed by atoms with Gasteiger partial charge in [0.15, 0.2) is 5.16 Å². The Morgan fingerprint density at radius 1 is 1.48 bits per heavy atom. The number of carbonyl (C=O) groups is 2. The van der Waals surface area contributed by atoms with E-state index >= 15 is 0 Å². The molecule has 1 saturated heterocycles. The monoisotopic (exact) mass is 304 g/mol. The van der Waals surface area contributed by atoms with E-state index in [1.165, 1.54) is 16.7 Å². The molecule has 0 spiro atoms. The van der Waals surface area contributed by atoms with Crippen LogP contribution in [0.3, 0.4) is 0 Å². The first-order chi connectivity index (χ1) is 10.0. The molecule has 2 heterocycles. The van der Waals surface area contributed by atoms with Crippen LogP contribution in [0.25, 0.3) is 11.0 Å². The molecule has 3 rings (SSSR count). The molecule has 110 valence electrons. The summed E-state index contributed by atoms with van der Waals surface area (Å²) < 4.78 is 0. The van der Waals surface area contributed by atoms with Crippen molar-refractivity contribution < 1.29 is 9.59 Å². The lowest BCUT2D eigenvalue weighted by atomic mass is 10.2. The summed E-state index contributed by atoms with van der Waals surface area (Å²) in [6.07, 6.45) is 0. The highest BCUT2D eigenvalue weighted by Crippen LogP contribution is 2.25. The Bertz CT molecular complexity index is 712. The summed E-state index contributed by atoms with van der Waals surface area (Å²) in [5, 5.41) is 2.96.